The normalized spacial score (nSPS) is 16.1. The summed E-state index contributed by atoms with van der Waals surface area (Å²) >= 11 is 0. The van der Waals surface area contributed by atoms with Crippen LogP contribution in [0.3, 0.4) is 0 Å². The van der Waals surface area contributed by atoms with Crippen molar-refractivity contribution in [3.05, 3.63) is 41.8 Å². The molecule has 1 aromatic heterocycles. The van der Waals surface area contributed by atoms with Gasteiger partial charge in [-0.15, -0.1) is 0 Å². The molecule has 0 spiro atoms. The fourth-order valence-electron chi connectivity index (χ4n) is 2.80. The van der Waals surface area contributed by atoms with Gasteiger partial charge >= 0.3 is 0 Å². The first-order valence-electron chi connectivity index (χ1n) is 8.38. The molecule has 1 aliphatic heterocycles. The van der Waals surface area contributed by atoms with Crippen molar-refractivity contribution < 1.29 is 13.7 Å². The van der Waals surface area contributed by atoms with Crippen LogP contribution in [0.5, 0.6) is 0 Å². The van der Waals surface area contributed by atoms with Crippen molar-refractivity contribution in [3.63, 3.8) is 0 Å². The number of para-hydroxylation sites is 1. The van der Waals surface area contributed by atoms with Crippen LogP contribution in [0.1, 0.15) is 18.1 Å². The molecule has 0 bridgehead atoms. The van der Waals surface area contributed by atoms with Gasteiger partial charge in [0.15, 0.2) is 5.82 Å². The first-order valence-corrected chi connectivity index (χ1v) is 8.38. The van der Waals surface area contributed by atoms with E-state index in [1.165, 1.54) is 6.07 Å². The Balaban J connectivity index is 1.37. The molecule has 25 heavy (non-hydrogen) atoms. The molecular formula is C17H22FN5O2. The lowest BCUT2D eigenvalue weighted by Crippen LogP contribution is -2.46. The molecule has 0 aliphatic carbocycles. The van der Waals surface area contributed by atoms with E-state index in [1.54, 1.807) is 25.1 Å². The maximum Gasteiger partial charge on any atom is 0.240 e. The summed E-state index contributed by atoms with van der Waals surface area (Å²) in [6.45, 7) is 6.64. The molecule has 1 saturated heterocycles. The average molecular weight is 347 g/mol. The summed E-state index contributed by atoms with van der Waals surface area (Å²) in [6.07, 6.45) is 0.344. The van der Waals surface area contributed by atoms with Gasteiger partial charge in [0.25, 0.3) is 0 Å². The maximum atomic E-state index is 13.5. The minimum atomic E-state index is -0.416. The van der Waals surface area contributed by atoms with Crippen molar-refractivity contribution >= 4 is 11.6 Å². The van der Waals surface area contributed by atoms with Crippen molar-refractivity contribution in [3.8, 4) is 0 Å². The zero-order valence-electron chi connectivity index (χ0n) is 14.2. The Kier molecular flexibility index (Phi) is 5.72. The Morgan fingerprint density at radius 3 is 2.64 bits per heavy atom. The predicted molar refractivity (Wildman–Crippen MR) is 90.4 cm³/mol. The number of rotatable bonds is 6. The Labute approximate surface area is 145 Å². The maximum absolute atomic E-state index is 13.5. The summed E-state index contributed by atoms with van der Waals surface area (Å²) in [6, 6.07) is 6.19. The predicted octanol–water partition coefficient (Wildman–Crippen LogP) is 1.66. The number of aromatic nitrogens is 2. The fraction of sp³-hybridized carbons (Fsp3) is 0.471. The zero-order valence-corrected chi connectivity index (χ0v) is 14.2. The van der Waals surface area contributed by atoms with Gasteiger partial charge in [-0.1, -0.05) is 17.3 Å². The molecule has 1 amide bonds. The van der Waals surface area contributed by atoms with E-state index in [1.807, 2.05) is 0 Å². The molecule has 8 heteroatoms. The fourth-order valence-corrected chi connectivity index (χ4v) is 2.80. The minimum Gasteiger partial charge on any atom is -0.338 e. The zero-order chi connectivity index (χ0) is 17.6. The van der Waals surface area contributed by atoms with Crippen molar-refractivity contribution in [1.82, 2.24) is 19.9 Å². The number of hydrogen-bond acceptors (Lipinski definition) is 6. The summed E-state index contributed by atoms with van der Waals surface area (Å²) in [5.41, 5.74) is 0.229. The van der Waals surface area contributed by atoms with Crippen LogP contribution in [0, 0.1) is 12.7 Å². The Hall–Kier alpha value is -2.32. The monoisotopic (exact) mass is 347 g/mol. The van der Waals surface area contributed by atoms with Gasteiger partial charge in [-0.05, 0) is 19.1 Å². The lowest BCUT2D eigenvalue weighted by Gasteiger charge is -2.33. The molecular weight excluding hydrogens is 325 g/mol. The third kappa shape index (κ3) is 5.07. The molecule has 134 valence electrons. The summed E-state index contributed by atoms with van der Waals surface area (Å²) in [5, 5.41) is 6.41. The number of hydrogen-bond donors (Lipinski definition) is 1. The number of nitrogens with one attached hydrogen (secondary N) is 1. The van der Waals surface area contributed by atoms with E-state index >= 15 is 0 Å². The van der Waals surface area contributed by atoms with Gasteiger partial charge < -0.3 is 14.7 Å². The Morgan fingerprint density at radius 1 is 1.24 bits per heavy atom. The molecule has 1 N–H and O–H groups in total. The van der Waals surface area contributed by atoms with Gasteiger partial charge in [0.05, 0.1) is 12.2 Å². The highest BCUT2D eigenvalue weighted by molar-refractivity contribution is 5.90. The summed E-state index contributed by atoms with van der Waals surface area (Å²) in [5.74, 6) is 0.694. The number of amides is 1. The van der Waals surface area contributed by atoms with E-state index < -0.39 is 5.82 Å². The Bertz CT molecular complexity index is 713. The molecule has 0 saturated carbocycles. The Morgan fingerprint density at radius 2 is 1.96 bits per heavy atom. The number of carbonyl (C=O) groups excluding carboxylic acids is 1. The van der Waals surface area contributed by atoms with Gasteiger partial charge in [-0.25, -0.2) is 4.39 Å². The highest BCUT2D eigenvalue weighted by Crippen LogP contribution is 2.13. The standard InChI is InChI=1S/C17H22FN5O2/c1-13-19-17(25-21-13)12-23-10-8-22(9-11-23)7-6-16(24)20-15-5-3-2-4-14(15)18/h2-5H,6-12H2,1H3,(H,20,24). The second-order valence-electron chi connectivity index (χ2n) is 6.13. The highest BCUT2D eigenvalue weighted by atomic mass is 19.1. The van der Waals surface area contributed by atoms with Crippen LogP contribution in [0.4, 0.5) is 10.1 Å². The second-order valence-corrected chi connectivity index (χ2v) is 6.13. The summed E-state index contributed by atoms with van der Waals surface area (Å²) < 4.78 is 18.7. The van der Waals surface area contributed by atoms with E-state index in [0.29, 0.717) is 31.2 Å². The molecule has 3 rings (SSSR count). The van der Waals surface area contributed by atoms with Crippen molar-refractivity contribution in [2.45, 2.75) is 19.9 Å². The highest BCUT2D eigenvalue weighted by Gasteiger charge is 2.19. The van der Waals surface area contributed by atoms with Crippen LogP contribution in [-0.2, 0) is 11.3 Å². The smallest absolute Gasteiger partial charge is 0.240 e. The lowest BCUT2D eigenvalue weighted by atomic mass is 10.2. The van der Waals surface area contributed by atoms with Crippen LogP contribution in [0.2, 0.25) is 0 Å². The molecule has 1 aromatic carbocycles. The molecule has 0 unspecified atom stereocenters. The van der Waals surface area contributed by atoms with Crippen molar-refractivity contribution in [2.24, 2.45) is 0 Å². The first-order chi connectivity index (χ1) is 12.1. The van der Waals surface area contributed by atoms with Gasteiger partial charge in [0, 0.05) is 39.1 Å². The number of piperazine rings is 1. The molecule has 0 atom stereocenters. The van der Waals surface area contributed by atoms with Crippen LogP contribution in [-0.4, -0.2) is 58.6 Å². The molecule has 1 fully saturated rings. The number of halogens is 1. The number of aryl methyl sites for hydroxylation is 1. The largest absolute Gasteiger partial charge is 0.338 e. The topological polar surface area (TPSA) is 74.5 Å². The minimum absolute atomic E-state index is 0.172. The molecule has 0 radical (unpaired) electrons. The van der Waals surface area contributed by atoms with Gasteiger partial charge in [-0.3, -0.25) is 9.69 Å². The number of benzene rings is 1. The van der Waals surface area contributed by atoms with E-state index in [-0.39, 0.29) is 11.6 Å². The quantitative estimate of drug-likeness (QED) is 0.857. The van der Waals surface area contributed by atoms with Crippen LogP contribution in [0.15, 0.2) is 28.8 Å². The number of nitrogens with zero attached hydrogens (tertiary/aromatic N) is 4. The average Bonchev–Trinajstić information content (AvgIpc) is 3.01. The second kappa shape index (κ2) is 8.17. The van der Waals surface area contributed by atoms with Crippen LogP contribution in [0.25, 0.3) is 0 Å². The third-order valence-corrected chi connectivity index (χ3v) is 4.20. The SMILES string of the molecule is Cc1noc(CN2CCN(CCC(=O)Nc3ccccc3F)CC2)n1. The van der Waals surface area contributed by atoms with E-state index in [4.69, 9.17) is 4.52 Å². The van der Waals surface area contributed by atoms with Crippen LogP contribution >= 0.6 is 0 Å². The molecule has 2 heterocycles. The van der Waals surface area contributed by atoms with E-state index in [9.17, 15) is 9.18 Å². The summed E-state index contributed by atoms with van der Waals surface area (Å²) in [4.78, 5) is 20.7. The van der Waals surface area contributed by atoms with E-state index in [0.717, 1.165) is 26.2 Å². The first kappa shape index (κ1) is 17.5. The van der Waals surface area contributed by atoms with E-state index in [2.05, 4.69) is 25.3 Å². The lowest BCUT2D eigenvalue weighted by molar-refractivity contribution is -0.116. The van der Waals surface area contributed by atoms with Gasteiger partial charge in [-0.2, -0.15) is 4.98 Å². The van der Waals surface area contributed by atoms with Crippen LogP contribution < -0.4 is 5.32 Å². The number of carbonyl (C=O) groups is 1. The molecule has 2 aromatic rings. The number of anilines is 1. The van der Waals surface area contributed by atoms with Gasteiger partial charge in [0.1, 0.15) is 5.82 Å². The van der Waals surface area contributed by atoms with Gasteiger partial charge in [0.2, 0.25) is 11.8 Å². The summed E-state index contributed by atoms with van der Waals surface area (Å²) in [7, 11) is 0. The van der Waals surface area contributed by atoms with Crippen molar-refractivity contribution in [1.29, 1.82) is 0 Å². The molecule has 7 nitrogen and oxygen atoms in total. The third-order valence-electron chi connectivity index (χ3n) is 4.20. The van der Waals surface area contributed by atoms with Crippen molar-refractivity contribution in [2.75, 3.05) is 38.0 Å². The molecule has 1 aliphatic rings.